The summed E-state index contributed by atoms with van der Waals surface area (Å²) in [6, 6.07) is 7.55. The Morgan fingerprint density at radius 2 is 2.00 bits per heavy atom. The molecule has 0 bridgehead atoms. The zero-order chi connectivity index (χ0) is 24.6. The van der Waals surface area contributed by atoms with Gasteiger partial charge in [-0.3, -0.25) is 14.4 Å². The molecule has 2 aromatic carbocycles. The number of hydrogen-bond donors (Lipinski definition) is 3. The third kappa shape index (κ3) is 4.88. The number of anilines is 1. The van der Waals surface area contributed by atoms with E-state index in [-0.39, 0.29) is 42.4 Å². The minimum atomic E-state index is -0.648. The van der Waals surface area contributed by atoms with Crippen LogP contribution in [0.1, 0.15) is 36.2 Å². The van der Waals surface area contributed by atoms with Crippen molar-refractivity contribution in [2.24, 2.45) is 5.73 Å². The average molecular weight is 505 g/mol. The number of pyridine rings is 1. The van der Waals surface area contributed by atoms with Gasteiger partial charge < -0.3 is 20.9 Å². The fourth-order valence-corrected chi connectivity index (χ4v) is 5.08. The van der Waals surface area contributed by atoms with Crippen molar-refractivity contribution in [3.05, 3.63) is 73.4 Å². The molecule has 4 rings (SSSR count). The zero-order valence-electron chi connectivity index (χ0n) is 18.4. The lowest BCUT2D eigenvalue weighted by Crippen LogP contribution is -2.42. The highest BCUT2D eigenvalue weighted by Crippen LogP contribution is 2.37. The van der Waals surface area contributed by atoms with Crippen LogP contribution in [-0.4, -0.2) is 34.8 Å². The number of aromatic nitrogens is 1. The molecule has 2 amide bonds. The number of nitrogens with zero attached hydrogens (tertiary/aromatic N) is 1. The summed E-state index contributed by atoms with van der Waals surface area (Å²) in [7, 11) is 0. The number of primary amides is 1. The fourth-order valence-electron chi connectivity index (χ4n) is 4.39. The Hall–Kier alpha value is -3.10. The summed E-state index contributed by atoms with van der Waals surface area (Å²) in [5.74, 6) is -1.35. The van der Waals surface area contributed by atoms with Gasteiger partial charge in [0.05, 0.1) is 23.7 Å². The maximum atomic E-state index is 14.7. The molecule has 10 heteroatoms. The van der Waals surface area contributed by atoms with E-state index in [1.807, 2.05) is 13.0 Å². The molecule has 0 spiro atoms. The number of carbonyl (C=O) groups excluding carboxylic acids is 2. The minimum absolute atomic E-state index is 0.0790. The van der Waals surface area contributed by atoms with E-state index in [2.05, 4.69) is 10.3 Å². The van der Waals surface area contributed by atoms with Gasteiger partial charge in [0.2, 0.25) is 11.8 Å². The molecule has 0 fully saturated rings. The number of H-pyrrole nitrogens is 1. The van der Waals surface area contributed by atoms with Crippen LogP contribution in [-0.2, 0) is 22.4 Å². The predicted octanol–water partition coefficient (Wildman–Crippen LogP) is 3.95. The number of carbonyl (C=O) groups is 2. The first-order valence-electron chi connectivity index (χ1n) is 10.8. The largest absolute Gasteiger partial charge is 0.374 e. The first-order chi connectivity index (χ1) is 16.1. The third-order valence-electron chi connectivity index (χ3n) is 6.07. The number of hydrogen-bond acceptors (Lipinski definition) is 4. The number of halogens is 3. The lowest BCUT2D eigenvalue weighted by atomic mass is 9.93. The SMILES string of the molecule is C[C@@H]1c2c(Cl)cc(Cl)cc2CCN1C(=O)CNc1cc2cc(CCC(N)=O)[nH]c(=O)c2cc1F. The van der Waals surface area contributed by atoms with Crippen molar-refractivity contribution in [3.63, 3.8) is 0 Å². The van der Waals surface area contributed by atoms with Crippen molar-refractivity contribution in [1.82, 2.24) is 9.88 Å². The molecular weight excluding hydrogens is 482 g/mol. The first-order valence-corrected chi connectivity index (χ1v) is 11.5. The molecule has 34 heavy (non-hydrogen) atoms. The van der Waals surface area contributed by atoms with Crippen LogP contribution in [0.4, 0.5) is 10.1 Å². The number of fused-ring (bicyclic) bond motifs is 2. The highest BCUT2D eigenvalue weighted by Gasteiger charge is 2.29. The van der Waals surface area contributed by atoms with E-state index < -0.39 is 17.3 Å². The fraction of sp³-hybridized carbons (Fsp3) is 0.292. The van der Waals surface area contributed by atoms with Crippen LogP contribution >= 0.6 is 23.2 Å². The van der Waals surface area contributed by atoms with E-state index in [1.165, 1.54) is 6.07 Å². The van der Waals surface area contributed by atoms with E-state index in [0.29, 0.717) is 34.1 Å². The molecule has 0 aliphatic carbocycles. The molecule has 2 heterocycles. The molecule has 4 N–H and O–H groups in total. The summed E-state index contributed by atoms with van der Waals surface area (Å²) >= 11 is 12.5. The number of nitrogens with two attached hydrogens (primary N) is 1. The van der Waals surface area contributed by atoms with Gasteiger partial charge in [0.25, 0.3) is 5.56 Å². The number of benzene rings is 2. The van der Waals surface area contributed by atoms with E-state index in [4.69, 9.17) is 28.9 Å². The van der Waals surface area contributed by atoms with E-state index in [9.17, 15) is 18.8 Å². The van der Waals surface area contributed by atoms with Gasteiger partial charge >= 0.3 is 0 Å². The van der Waals surface area contributed by atoms with Crippen molar-refractivity contribution in [2.45, 2.75) is 32.2 Å². The van der Waals surface area contributed by atoms with Gasteiger partial charge in [0, 0.05) is 28.7 Å². The predicted molar refractivity (Wildman–Crippen MR) is 131 cm³/mol. The van der Waals surface area contributed by atoms with Crippen LogP contribution in [0.3, 0.4) is 0 Å². The second kappa shape index (κ2) is 9.64. The molecule has 1 aliphatic rings. The maximum absolute atomic E-state index is 14.7. The second-order valence-electron chi connectivity index (χ2n) is 8.34. The third-order valence-corrected chi connectivity index (χ3v) is 6.60. The Morgan fingerprint density at radius 3 is 2.74 bits per heavy atom. The van der Waals surface area contributed by atoms with Crippen molar-refractivity contribution >= 4 is 51.5 Å². The Morgan fingerprint density at radius 1 is 1.24 bits per heavy atom. The second-order valence-corrected chi connectivity index (χ2v) is 9.18. The number of aryl methyl sites for hydroxylation is 1. The standard InChI is InChI=1S/C24H23Cl2FN4O3/c1-12-23-13(6-15(25)9-18(23)26)4-5-31(12)22(33)11-29-20-8-14-7-16(2-3-21(28)32)30-24(34)17(14)10-19(20)27/h6-10,12,29H,2-5,11H2,1H3,(H2,28,32)(H,30,34)/t12-/m1/s1. The van der Waals surface area contributed by atoms with Crippen molar-refractivity contribution in [3.8, 4) is 0 Å². The lowest BCUT2D eigenvalue weighted by Gasteiger charge is -2.36. The van der Waals surface area contributed by atoms with Gasteiger partial charge in [0.1, 0.15) is 5.82 Å². The summed E-state index contributed by atoms with van der Waals surface area (Å²) in [6.07, 6.45) is 0.962. The normalized spacial score (nSPS) is 15.3. The molecule has 3 aromatic rings. The van der Waals surface area contributed by atoms with Crippen LogP contribution in [0.15, 0.2) is 35.1 Å². The maximum Gasteiger partial charge on any atom is 0.256 e. The molecule has 7 nitrogen and oxygen atoms in total. The molecular formula is C24H23Cl2FN4O3. The lowest BCUT2D eigenvalue weighted by molar-refractivity contribution is -0.131. The van der Waals surface area contributed by atoms with Gasteiger partial charge in [-0.25, -0.2) is 4.39 Å². The Kier molecular flexibility index (Phi) is 6.81. The van der Waals surface area contributed by atoms with Crippen LogP contribution in [0.25, 0.3) is 10.8 Å². The summed E-state index contributed by atoms with van der Waals surface area (Å²) in [5, 5.41) is 4.58. The van der Waals surface area contributed by atoms with Gasteiger partial charge in [-0.1, -0.05) is 23.2 Å². The molecule has 1 aromatic heterocycles. The van der Waals surface area contributed by atoms with E-state index >= 15 is 0 Å². The summed E-state index contributed by atoms with van der Waals surface area (Å²) < 4.78 is 14.7. The van der Waals surface area contributed by atoms with Gasteiger partial charge in [-0.05, 0) is 66.6 Å². The van der Waals surface area contributed by atoms with Gasteiger partial charge in [0.15, 0.2) is 0 Å². The number of nitrogens with one attached hydrogen (secondary N) is 2. The van der Waals surface area contributed by atoms with Crippen molar-refractivity contribution in [1.29, 1.82) is 0 Å². The van der Waals surface area contributed by atoms with Gasteiger partial charge in [-0.15, -0.1) is 0 Å². The summed E-state index contributed by atoms with van der Waals surface area (Å²) in [4.78, 5) is 40.7. The van der Waals surface area contributed by atoms with Crippen molar-refractivity contribution < 1.29 is 14.0 Å². The minimum Gasteiger partial charge on any atom is -0.374 e. The van der Waals surface area contributed by atoms with Gasteiger partial charge in [-0.2, -0.15) is 0 Å². The van der Waals surface area contributed by atoms with Crippen molar-refractivity contribution in [2.75, 3.05) is 18.4 Å². The Balaban J connectivity index is 1.52. The zero-order valence-corrected chi connectivity index (χ0v) is 19.9. The Bertz CT molecular complexity index is 1360. The summed E-state index contributed by atoms with van der Waals surface area (Å²) in [5.41, 5.74) is 7.21. The summed E-state index contributed by atoms with van der Waals surface area (Å²) in [6.45, 7) is 2.25. The highest BCUT2D eigenvalue weighted by molar-refractivity contribution is 6.35. The number of rotatable bonds is 6. The first kappa shape index (κ1) is 24.0. The van der Waals surface area contributed by atoms with Crippen LogP contribution in [0.5, 0.6) is 0 Å². The van der Waals surface area contributed by atoms with Crippen LogP contribution in [0, 0.1) is 5.82 Å². The highest BCUT2D eigenvalue weighted by atomic mass is 35.5. The average Bonchev–Trinajstić information content (AvgIpc) is 2.76. The molecule has 178 valence electrons. The molecule has 1 atom stereocenters. The molecule has 0 unspecified atom stereocenters. The topological polar surface area (TPSA) is 108 Å². The molecule has 1 aliphatic heterocycles. The van der Waals surface area contributed by atoms with E-state index in [1.54, 1.807) is 17.0 Å². The quantitative estimate of drug-likeness (QED) is 0.472. The smallest absolute Gasteiger partial charge is 0.256 e. The molecule has 0 saturated heterocycles. The van der Waals surface area contributed by atoms with Crippen LogP contribution in [0.2, 0.25) is 10.0 Å². The number of aromatic amines is 1. The van der Waals surface area contributed by atoms with Crippen LogP contribution < -0.4 is 16.6 Å². The molecule has 0 radical (unpaired) electrons. The number of amides is 2. The van der Waals surface area contributed by atoms with E-state index in [0.717, 1.165) is 17.2 Å². The monoisotopic (exact) mass is 504 g/mol. The molecule has 0 saturated carbocycles. The Labute approximate surface area is 205 Å².